The smallest absolute Gasteiger partial charge is 0.0982 e. The molecule has 1 fully saturated rings. The van der Waals surface area contributed by atoms with Crippen LogP contribution in [-0.2, 0) is 5.41 Å². The molecule has 0 radical (unpaired) electrons. The average molecular weight is 281 g/mol. The third-order valence-electron chi connectivity index (χ3n) is 3.85. The molecule has 2 heterocycles. The lowest BCUT2D eigenvalue weighted by molar-refractivity contribution is 0.0922. The molecule has 0 aromatic carbocycles. The van der Waals surface area contributed by atoms with E-state index in [1.54, 1.807) is 11.3 Å². The summed E-state index contributed by atoms with van der Waals surface area (Å²) in [5.41, 5.74) is 7.69. The van der Waals surface area contributed by atoms with Crippen LogP contribution in [0.1, 0.15) is 64.2 Å². The molecule has 2 atom stereocenters. The fraction of sp³-hybridized carbons (Fsp3) is 0.800. The maximum absolute atomic E-state index is 6.38. The minimum atomic E-state index is 0.129. The molecule has 2 N–H and O–H groups in total. The molecule has 1 saturated heterocycles. The van der Waals surface area contributed by atoms with Crippen molar-refractivity contribution in [2.45, 2.75) is 71.0 Å². The Hall–Kier alpha value is -0.450. The Kier molecular flexibility index (Phi) is 4.33. The van der Waals surface area contributed by atoms with E-state index in [1.165, 1.54) is 17.1 Å². The molecular weight excluding hydrogens is 254 g/mol. The number of piperidine rings is 1. The first-order chi connectivity index (χ1) is 8.80. The lowest BCUT2D eigenvalue weighted by Gasteiger charge is -2.41. The Bertz CT molecular complexity index is 419. The molecule has 108 valence electrons. The Morgan fingerprint density at radius 1 is 1.42 bits per heavy atom. The Morgan fingerprint density at radius 2 is 2.11 bits per heavy atom. The first-order valence-corrected chi connectivity index (χ1v) is 8.16. The van der Waals surface area contributed by atoms with Crippen LogP contribution in [-0.4, -0.2) is 28.5 Å². The topological polar surface area (TPSA) is 42.1 Å². The molecule has 1 aliphatic heterocycles. The molecule has 19 heavy (non-hydrogen) atoms. The summed E-state index contributed by atoms with van der Waals surface area (Å²) >= 11 is 1.77. The highest BCUT2D eigenvalue weighted by molar-refractivity contribution is 7.09. The van der Waals surface area contributed by atoms with Crippen molar-refractivity contribution < 1.29 is 0 Å². The van der Waals surface area contributed by atoms with Crippen LogP contribution < -0.4 is 5.73 Å². The van der Waals surface area contributed by atoms with Crippen LogP contribution in [0, 0.1) is 0 Å². The summed E-state index contributed by atoms with van der Waals surface area (Å²) in [4.78, 5) is 7.39. The summed E-state index contributed by atoms with van der Waals surface area (Å²) in [5, 5.41) is 3.43. The van der Waals surface area contributed by atoms with Crippen LogP contribution in [0.5, 0.6) is 0 Å². The Morgan fingerprint density at radius 3 is 2.63 bits per heavy atom. The second kappa shape index (κ2) is 5.51. The van der Waals surface area contributed by atoms with Gasteiger partial charge in [-0.05, 0) is 33.2 Å². The van der Waals surface area contributed by atoms with Crippen LogP contribution in [0.2, 0.25) is 0 Å². The third-order valence-corrected chi connectivity index (χ3v) is 5.13. The molecule has 0 amide bonds. The van der Waals surface area contributed by atoms with Crippen molar-refractivity contribution >= 4 is 11.3 Å². The normalized spacial score (nSPS) is 26.1. The molecule has 0 aliphatic carbocycles. The molecule has 0 saturated carbocycles. The summed E-state index contributed by atoms with van der Waals surface area (Å²) in [6, 6.07) is 1.03. The first kappa shape index (κ1) is 14.9. The molecule has 2 unspecified atom stereocenters. The van der Waals surface area contributed by atoms with Crippen LogP contribution in [0.3, 0.4) is 0 Å². The molecule has 0 bridgehead atoms. The van der Waals surface area contributed by atoms with Gasteiger partial charge in [0.1, 0.15) is 0 Å². The van der Waals surface area contributed by atoms with E-state index in [4.69, 9.17) is 10.7 Å². The maximum atomic E-state index is 6.38. The van der Waals surface area contributed by atoms with Crippen LogP contribution in [0.4, 0.5) is 0 Å². The van der Waals surface area contributed by atoms with Gasteiger partial charge in [0.2, 0.25) is 0 Å². The van der Waals surface area contributed by atoms with E-state index in [1.807, 2.05) is 0 Å². The van der Waals surface area contributed by atoms with Gasteiger partial charge in [0.15, 0.2) is 0 Å². The summed E-state index contributed by atoms with van der Waals surface area (Å²) in [6.45, 7) is 12.3. The van der Waals surface area contributed by atoms with Crippen molar-refractivity contribution in [1.82, 2.24) is 9.88 Å². The van der Waals surface area contributed by atoms with Gasteiger partial charge in [0.05, 0.1) is 16.7 Å². The largest absolute Gasteiger partial charge is 0.326 e. The summed E-state index contributed by atoms with van der Waals surface area (Å²) < 4.78 is 0. The van der Waals surface area contributed by atoms with E-state index < -0.39 is 0 Å². The van der Waals surface area contributed by atoms with Gasteiger partial charge in [0.25, 0.3) is 0 Å². The molecule has 2 rings (SSSR count). The van der Waals surface area contributed by atoms with Gasteiger partial charge in [0, 0.05) is 22.9 Å². The number of nitrogens with two attached hydrogens (primary N) is 1. The standard InChI is InChI=1S/C15H27N3S/c1-10(2)18-8-6-7-11(16)13(18)12-9-19-14(17-12)15(3,4)5/h9-11,13H,6-8,16H2,1-5H3. The van der Waals surface area contributed by atoms with Crippen LogP contribution in [0.15, 0.2) is 5.38 Å². The van der Waals surface area contributed by atoms with Gasteiger partial charge in [-0.25, -0.2) is 4.98 Å². The molecule has 0 spiro atoms. The van der Waals surface area contributed by atoms with Crippen LogP contribution in [0.25, 0.3) is 0 Å². The summed E-state index contributed by atoms with van der Waals surface area (Å²) in [5.74, 6) is 0. The highest BCUT2D eigenvalue weighted by atomic mass is 32.1. The number of thiazole rings is 1. The zero-order valence-electron chi connectivity index (χ0n) is 12.8. The number of aromatic nitrogens is 1. The Balaban J connectivity index is 2.29. The fourth-order valence-corrected chi connectivity index (χ4v) is 3.72. The monoisotopic (exact) mass is 281 g/mol. The molecule has 1 aromatic rings. The van der Waals surface area contributed by atoms with Crippen molar-refractivity contribution in [1.29, 1.82) is 0 Å². The van der Waals surface area contributed by atoms with Crippen LogP contribution >= 0.6 is 11.3 Å². The van der Waals surface area contributed by atoms with Crippen molar-refractivity contribution in [3.8, 4) is 0 Å². The number of hydrogen-bond acceptors (Lipinski definition) is 4. The second-order valence-corrected chi connectivity index (χ2v) is 7.77. The molecule has 1 aromatic heterocycles. The number of rotatable bonds is 2. The second-order valence-electron chi connectivity index (χ2n) is 6.91. The van der Waals surface area contributed by atoms with Crippen molar-refractivity contribution in [3.63, 3.8) is 0 Å². The first-order valence-electron chi connectivity index (χ1n) is 7.28. The van der Waals surface area contributed by atoms with Crippen molar-refractivity contribution in [2.24, 2.45) is 5.73 Å². The number of hydrogen-bond donors (Lipinski definition) is 1. The Labute approximate surface area is 121 Å². The summed E-state index contributed by atoms with van der Waals surface area (Å²) in [7, 11) is 0. The van der Waals surface area contributed by atoms with Gasteiger partial charge in [-0.15, -0.1) is 11.3 Å². The average Bonchev–Trinajstić information content (AvgIpc) is 2.77. The number of nitrogens with zero attached hydrogens (tertiary/aromatic N) is 2. The van der Waals surface area contributed by atoms with Crippen molar-refractivity contribution in [3.05, 3.63) is 16.1 Å². The third kappa shape index (κ3) is 3.18. The zero-order chi connectivity index (χ0) is 14.2. The summed E-state index contributed by atoms with van der Waals surface area (Å²) in [6.07, 6.45) is 2.31. The van der Waals surface area contributed by atoms with Gasteiger partial charge >= 0.3 is 0 Å². The molecule has 3 nitrogen and oxygen atoms in total. The lowest BCUT2D eigenvalue weighted by Crippen LogP contribution is -2.48. The predicted octanol–water partition coefficient (Wildman–Crippen LogP) is 3.31. The fourth-order valence-electron chi connectivity index (χ4n) is 2.79. The minimum Gasteiger partial charge on any atom is -0.326 e. The van der Waals surface area contributed by atoms with E-state index in [0.717, 1.165) is 13.0 Å². The quantitative estimate of drug-likeness (QED) is 0.904. The SMILES string of the molecule is CC(C)N1CCCC(N)C1c1csc(C(C)(C)C)n1. The predicted molar refractivity (Wildman–Crippen MR) is 82.6 cm³/mol. The van der Waals surface area contributed by atoms with Gasteiger partial charge in [-0.2, -0.15) is 0 Å². The van der Waals surface area contributed by atoms with E-state index >= 15 is 0 Å². The number of likely N-dealkylation sites (tertiary alicyclic amines) is 1. The highest BCUT2D eigenvalue weighted by Gasteiger charge is 2.34. The molecular formula is C15H27N3S. The van der Waals surface area contributed by atoms with E-state index in [9.17, 15) is 0 Å². The van der Waals surface area contributed by atoms with Gasteiger partial charge in [-0.1, -0.05) is 20.8 Å². The van der Waals surface area contributed by atoms with E-state index in [2.05, 4.69) is 44.9 Å². The highest BCUT2D eigenvalue weighted by Crippen LogP contribution is 2.34. The zero-order valence-corrected chi connectivity index (χ0v) is 13.6. The lowest BCUT2D eigenvalue weighted by atomic mass is 9.93. The van der Waals surface area contributed by atoms with Gasteiger partial charge in [-0.3, -0.25) is 4.90 Å². The van der Waals surface area contributed by atoms with E-state index in [-0.39, 0.29) is 11.5 Å². The molecule has 4 heteroatoms. The van der Waals surface area contributed by atoms with E-state index in [0.29, 0.717) is 12.1 Å². The van der Waals surface area contributed by atoms with Gasteiger partial charge < -0.3 is 5.73 Å². The molecule has 1 aliphatic rings. The minimum absolute atomic E-state index is 0.129. The van der Waals surface area contributed by atoms with Crippen molar-refractivity contribution in [2.75, 3.05) is 6.54 Å². The maximum Gasteiger partial charge on any atom is 0.0982 e.